The van der Waals surface area contributed by atoms with Crippen LogP contribution in [0.2, 0.25) is 0 Å². The van der Waals surface area contributed by atoms with E-state index in [2.05, 4.69) is 5.32 Å². The Kier molecular flexibility index (Phi) is 2.70. The molecule has 2 heterocycles. The average Bonchev–Trinajstić information content (AvgIpc) is 3.01. The molecule has 0 saturated carbocycles. The zero-order chi connectivity index (χ0) is 12.5. The van der Waals surface area contributed by atoms with Crippen LogP contribution in [0.25, 0.3) is 11.0 Å². The molecule has 0 fully saturated rings. The molecule has 1 aliphatic heterocycles. The number of rotatable bonds is 3. The number of nitrogens with one attached hydrogen (secondary N) is 1. The van der Waals surface area contributed by atoms with E-state index in [1.165, 1.54) is 5.56 Å². The van der Waals surface area contributed by atoms with E-state index in [4.69, 9.17) is 9.15 Å². The van der Waals surface area contributed by atoms with Crippen molar-refractivity contribution < 1.29 is 13.9 Å². The fourth-order valence-corrected chi connectivity index (χ4v) is 2.45. The highest BCUT2D eigenvalue weighted by Gasteiger charge is 2.19. The van der Waals surface area contributed by atoms with E-state index in [0.29, 0.717) is 12.8 Å². The van der Waals surface area contributed by atoms with Gasteiger partial charge in [0.2, 0.25) is 5.91 Å². The number of aryl methyl sites for hydroxylation is 1. The monoisotopic (exact) mass is 245 g/mol. The number of carbonyl (C=O) groups excluding carboxylic acids is 1. The molecule has 0 aliphatic carbocycles. The predicted molar refractivity (Wildman–Crippen MR) is 67.8 cm³/mol. The molecule has 1 aromatic heterocycles. The molecule has 1 amide bonds. The zero-order valence-electron chi connectivity index (χ0n) is 10.3. The Balaban J connectivity index is 1.97. The van der Waals surface area contributed by atoms with Crippen LogP contribution >= 0.6 is 0 Å². The Hall–Kier alpha value is -1.97. The van der Waals surface area contributed by atoms with Gasteiger partial charge in [-0.1, -0.05) is 0 Å². The summed E-state index contributed by atoms with van der Waals surface area (Å²) in [5.41, 5.74) is 3.19. The third kappa shape index (κ3) is 1.74. The van der Waals surface area contributed by atoms with Crippen LogP contribution in [0.3, 0.4) is 0 Å². The van der Waals surface area contributed by atoms with E-state index in [1.54, 1.807) is 13.3 Å². The molecule has 94 valence electrons. The van der Waals surface area contributed by atoms with Gasteiger partial charge in [-0.15, -0.1) is 0 Å². The van der Waals surface area contributed by atoms with Crippen molar-refractivity contribution in [2.75, 3.05) is 13.7 Å². The van der Waals surface area contributed by atoms with Crippen LogP contribution in [0.1, 0.15) is 17.5 Å². The SMILES string of the molecule is CNC(=O)CCc1coc2ccc3c(c12)CCO3. The highest BCUT2D eigenvalue weighted by atomic mass is 16.5. The van der Waals surface area contributed by atoms with Crippen LogP contribution in [0.5, 0.6) is 5.75 Å². The van der Waals surface area contributed by atoms with Crippen molar-refractivity contribution in [2.24, 2.45) is 0 Å². The summed E-state index contributed by atoms with van der Waals surface area (Å²) in [4.78, 5) is 11.3. The van der Waals surface area contributed by atoms with Gasteiger partial charge in [0.1, 0.15) is 11.3 Å². The topological polar surface area (TPSA) is 51.5 Å². The Bertz CT molecular complexity index is 600. The van der Waals surface area contributed by atoms with Gasteiger partial charge in [-0.3, -0.25) is 4.79 Å². The first kappa shape index (κ1) is 11.1. The van der Waals surface area contributed by atoms with Gasteiger partial charge in [-0.05, 0) is 24.1 Å². The van der Waals surface area contributed by atoms with E-state index in [1.807, 2.05) is 12.1 Å². The molecule has 0 bridgehead atoms. The summed E-state index contributed by atoms with van der Waals surface area (Å²) in [6.45, 7) is 0.731. The van der Waals surface area contributed by atoms with Gasteiger partial charge in [-0.25, -0.2) is 0 Å². The average molecular weight is 245 g/mol. The summed E-state index contributed by atoms with van der Waals surface area (Å²) in [7, 11) is 1.65. The Labute approximate surface area is 105 Å². The van der Waals surface area contributed by atoms with Crippen molar-refractivity contribution in [1.29, 1.82) is 0 Å². The minimum atomic E-state index is 0.0492. The maximum Gasteiger partial charge on any atom is 0.220 e. The lowest BCUT2D eigenvalue weighted by Crippen LogP contribution is -2.17. The molecule has 3 rings (SSSR count). The van der Waals surface area contributed by atoms with Crippen molar-refractivity contribution in [1.82, 2.24) is 5.32 Å². The number of amides is 1. The summed E-state index contributed by atoms with van der Waals surface area (Å²) < 4.78 is 11.1. The van der Waals surface area contributed by atoms with Gasteiger partial charge in [0, 0.05) is 30.8 Å². The van der Waals surface area contributed by atoms with Gasteiger partial charge >= 0.3 is 0 Å². The van der Waals surface area contributed by atoms with Crippen molar-refractivity contribution in [2.45, 2.75) is 19.3 Å². The maximum atomic E-state index is 11.3. The summed E-state index contributed by atoms with van der Waals surface area (Å²) in [6, 6.07) is 3.89. The first-order valence-electron chi connectivity index (χ1n) is 6.15. The smallest absolute Gasteiger partial charge is 0.220 e. The summed E-state index contributed by atoms with van der Waals surface area (Å²) in [5, 5.41) is 3.77. The summed E-state index contributed by atoms with van der Waals surface area (Å²) in [6.07, 6.45) is 3.85. The van der Waals surface area contributed by atoms with Crippen LogP contribution in [-0.4, -0.2) is 19.6 Å². The van der Waals surface area contributed by atoms with E-state index in [9.17, 15) is 4.79 Å². The van der Waals surface area contributed by atoms with Gasteiger partial charge in [0.05, 0.1) is 12.9 Å². The van der Waals surface area contributed by atoms with Crippen LogP contribution in [-0.2, 0) is 17.6 Å². The Morgan fingerprint density at radius 2 is 2.33 bits per heavy atom. The molecule has 18 heavy (non-hydrogen) atoms. The number of fused-ring (bicyclic) bond motifs is 3. The van der Waals surface area contributed by atoms with Crippen LogP contribution in [0.4, 0.5) is 0 Å². The lowest BCUT2D eigenvalue weighted by molar-refractivity contribution is -0.120. The molecule has 0 spiro atoms. The molecular formula is C14H15NO3. The molecule has 0 atom stereocenters. The Morgan fingerprint density at radius 1 is 1.44 bits per heavy atom. The number of furan rings is 1. The van der Waals surface area contributed by atoms with Crippen LogP contribution in [0, 0.1) is 0 Å². The fourth-order valence-electron chi connectivity index (χ4n) is 2.45. The molecule has 4 nitrogen and oxygen atoms in total. The minimum Gasteiger partial charge on any atom is -0.493 e. The molecule has 1 aromatic carbocycles. The van der Waals surface area contributed by atoms with Crippen molar-refractivity contribution in [3.05, 3.63) is 29.5 Å². The highest BCUT2D eigenvalue weighted by Crippen LogP contribution is 2.35. The first-order valence-corrected chi connectivity index (χ1v) is 6.15. The zero-order valence-corrected chi connectivity index (χ0v) is 10.3. The third-order valence-corrected chi connectivity index (χ3v) is 3.39. The lowest BCUT2D eigenvalue weighted by Gasteiger charge is -2.02. The second-order valence-electron chi connectivity index (χ2n) is 4.45. The number of carbonyl (C=O) groups is 1. The Morgan fingerprint density at radius 3 is 3.17 bits per heavy atom. The second-order valence-corrected chi connectivity index (χ2v) is 4.45. The van der Waals surface area contributed by atoms with Gasteiger partial charge in [-0.2, -0.15) is 0 Å². The molecule has 2 aromatic rings. The largest absolute Gasteiger partial charge is 0.493 e. The summed E-state index contributed by atoms with van der Waals surface area (Å²) >= 11 is 0. The number of hydrogen-bond donors (Lipinski definition) is 1. The van der Waals surface area contributed by atoms with E-state index in [0.717, 1.165) is 35.3 Å². The van der Waals surface area contributed by atoms with Gasteiger partial charge in [0.15, 0.2) is 0 Å². The molecule has 0 unspecified atom stereocenters. The number of benzene rings is 1. The summed E-state index contributed by atoms with van der Waals surface area (Å²) in [5.74, 6) is 0.998. The molecule has 1 aliphatic rings. The van der Waals surface area contributed by atoms with Crippen molar-refractivity contribution in [3.63, 3.8) is 0 Å². The van der Waals surface area contributed by atoms with Crippen LogP contribution < -0.4 is 10.1 Å². The second kappa shape index (κ2) is 4.37. The lowest BCUT2D eigenvalue weighted by atomic mass is 10.0. The van der Waals surface area contributed by atoms with Gasteiger partial charge < -0.3 is 14.5 Å². The fraction of sp³-hybridized carbons (Fsp3) is 0.357. The van der Waals surface area contributed by atoms with Crippen LogP contribution in [0.15, 0.2) is 22.8 Å². The normalized spacial score (nSPS) is 13.4. The van der Waals surface area contributed by atoms with Crippen molar-refractivity contribution in [3.8, 4) is 5.75 Å². The number of ether oxygens (including phenoxy) is 1. The quantitative estimate of drug-likeness (QED) is 0.900. The standard InChI is InChI=1S/C14H15NO3/c1-15-13(16)5-2-9-8-18-12-4-3-11-10(14(9)12)6-7-17-11/h3-4,8H,2,5-7H2,1H3,(H,15,16). The molecule has 0 radical (unpaired) electrons. The van der Waals surface area contributed by atoms with E-state index >= 15 is 0 Å². The predicted octanol–water partition coefficient (Wildman–Crippen LogP) is 2.05. The number of hydrogen-bond acceptors (Lipinski definition) is 3. The molecule has 0 saturated heterocycles. The molecule has 1 N–H and O–H groups in total. The first-order chi connectivity index (χ1) is 8.79. The molecular weight excluding hydrogens is 230 g/mol. The van der Waals surface area contributed by atoms with E-state index in [-0.39, 0.29) is 5.91 Å². The molecule has 4 heteroatoms. The third-order valence-electron chi connectivity index (χ3n) is 3.39. The maximum absolute atomic E-state index is 11.3. The minimum absolute atomic E-state index is 0.0492. The highest BCUT2D eigenvalue weighted by molar-refractivity contribution is 5.88. The van der Waals surface area contributed by atoms with E-state index < -0.39 is 0 Å². The van der Waals surface area contributed by atoms with Gasteiger partial charge in [0.25, 0.3) is 0 Å². The van der Waals surface area contributed by atoms with Crippen molar-refractivity contribution >= 4 is 16.9 Å².